The number of carbonyl (C=O) groups excluding carboxylic acids is 2. The predicted molar refractivity (Wildman–Crippen MR) is 114 cm³/mol. The van der Waals surface area contributed by atoms with E-state index in [1.54, 1.807) is 24.3 Å². The summed E-state index contributed by atoms with van der Waals surface area (Å²) in [6, 6.07) is 17.3. The molecule has 0 radical (unpaired) electrons. The van der Waals surface area contributed by atoms with Gasteiger partial charge in [0.2, 0.25) is 5.91 Å². The van der Waals surface area contributed by atoms with E-state index in [2.05, 4.69) is 16.0 Å². The number of benzene rings is 2. The Bertz CT molecular complexity index is 1120. The van der Waals surface area contributed by atoms with Gasteiger partial charge in [0.05, 0.1) is 0 Å². The van der Waals surface area contributed by atoms with Gasteiger partial charge in [-0.25, -0.2) is 9.59 Å². The van der Waals surface area contributed by atoms with Crippen molar-refractivity contribution >= 4 is 28.6 Å². The second-order valence-corrected chi connectivity index (χ2v) is 7.54. The van der Waals surface area contributed by atoms with Crippen molar-refractivity contribution in [2.24, 2.45) is 0 Å². The number of rotatable bonds is 5. The van der Waals surface area contributed by atoms with Crippen molar-refractivity contribution in [2.45, 2.75) is 37.8 Å². The first-order chi connectivity index (χ1) is 14.5. The smallest absolute Gasteiger partial charge is 0.336 e. The number of amides is 3. The zero-order chi connectivity index (χ0) is 21.0. The van der Waals surface area contributed by atoms with Crippen LogP contribution >= 0.6 is 0 Å². The number of anilines is 1. The molecule has 0 unspecified atom stereocenters. The Morgan fingerprint density at radius 1 is 0.967 bits per heavy atom. The second kappa shape index (κ2) is 8.41. The highest BCUT2D eigenvalue weighted by Gasteiger charge is 2.42. The first kappa shape index (κ1) is 19.7. The molecule has 0 bridgehead atoms. The highest BCUT2D eigenvalue weighted by molar-refractivity contribution is 6.01. The lowest BCUT2D eigenvalue weighted by molar-refractivity contribution is -0.121. The van der Waals surface area contributed by atoms with E-state index >= 15 is 0 Å². The van der Waals surface area contributed by atoms with Crippen LogP contribution in [0, 0.1) is 0 Å². The van der Waals surface area contributed by atoms with Crippen LogP contribution in [-0.4, -0.2) is 17.5 Å². The molecule has 1 saturated carbocycles. The lowest BCUT2D eigenvalue weighted by Crippen LogP contribution is -2.57. The highest BCUT2D eigenvalue weighted by atomic mass is 16.4. The molecule has 4 rings (SSSR count). The van der Waals surface area contributed by atoms with Crippen LogP contribution in [0.15, 0.2) is 69.9 Å². The third-order valence-electron chi connectivity index (χ3n) is 5.42. The summed E-state index contributed by atoms with van der Waals surface area (Å²) in [5.41, 5.74) is 0.655. The van der Waals surface area contributed by atoms with Crippen LogP contribution in [0.2, 0.25) is 0 Å². The third kappa shape index (κ3) is 4.35. The molecule has 154 valence electrons. The number of carbonyl (C=O) groups is 2. The minimum atomic E-state index is -0.945. The van der Waals surface area contributed by atoms with Gasteiger partial charge in [-0.2, -0.15) is 0 Å². The van der Waals surface area contributed by atoms with Crippen LogP contribution in [0.3, 0.4) is 0 Å². The van der Waals surface area contributed by atoms with E-state index in [1.165, 1.54) is 6.07 Å². The second-order valence-electron chi connectivity index (χ2n) is 7.54. The minimum Gasteiger partial charge on any atom is -0.423 e. The normalized spacial score (nSPS) is 14.9. The summed E-state index contributed by atoms with van der Waals surface area (Å²) in [6.07, 6.45) is 2.91. The Morgan fingerprint density at radius 2 is 1.73 bits per heavy atom. The van der Waals surface area contributed by atoms with Crippen molar-refractivity contribution in [2.75, 3.05) is 5.32 Å². The summed E-state index contributed by atoms with van der Waals surface area (Å²) in [4.78, 5) is 36.9. The van der Waals surface area contributed by atoms with E-state index in [9.17, 15) is 14.4 Å². The number of hydrogen-bond acceptors (Lipinski definition) is 4. The molecule has 1 aliphatic carbocycles. The van der Waals surface area contributed by atoms with Gasteiger partial charge in [0, 0.05) is 23.7 Å². The molecule has 0 aliphatic heterocycles. The quantitative estimate of drug-likeness (QED) is 0.565. The molecular formula is C23H23N3O4. The predicted octanol–water partition coefficient (Wildman–Crippen LogP) is 3.54. The van der Waals surface area contributed by atoms with E-state index in [-0.39, 0.29) is 11.9 Å². The molecule has 30 heavy (non-hydrogen) atoms. The minimum absolute atomic E-state index is 0.244. The number of fused-ring (bicyclic) bond motifs is 1. The fourth-order valence-electron chi connectivity index (χ4n) is 3.83. The van der Waals surface area contributed by atoms with Gasteiger partial charge in [-0.1, -0.05) is 43.2 Å². The van der Waals surface area contributed by atoms with Gasteiger partial charge < -0.3 is 20.4 Å². The topological polar surface area (TPSA) is 100 Å². The van der Waals surface area contributed by atoms with Crippen LogP contribution in [0.5, 0.6) is 0 Å². The van der Waals surface area contributed by atoms with Crippen LogP contribution in [0.4, 0.5) is 10.5 Å². The van der Waals surface area contributed by atoms with Gasteiger partial charge in [-0.15, -0.1) is 0 Å². The number of urea groups is 1. The highest BCUT2D eigenvalue weighted by Crippen LogP contribution is 2.31. The molecule has 1 aromatic heterocycles. The molecule has 7 nitrogen and oxygen atoms in total. The summed E-state index contributed by atoms with van der Waals surface area (Å²) < 4.78 is 5.12. The van der Waals surface area contributed by atoms with Crippen molar-refractivity contribution in [1.29, 1.82) is 0 Å². The van der Waals surface area contributed by atoms with E-state index in [1.807, 2.05) is 30.3 Å². The van der Waals surface area contributed by atoms with E-state index in [4.69, 9.17) is 4.42 Å². The molecule has 3 amide bonds. The molecule has 1 fully saturated rings. The molecule has 0 atom stereocenters. The Hall–Kier alpha value is -3.61. The molecular weight excluding hydrogens is 382 g/mol. The fourth-order valence-corrected chi connectivity index (χ4v) is 3.83. The Morgan fingerprint density at radius 3 is 2.50 bits per heavy atom. The number of hydrogen-bond donors (Lipinski definition) is 3. The lowest BCUT2D eigenvalue weighted by Gasteiger charge is -2.29. The average Bonchev–Trinajstić information content (AvgIpc) is 3.23. The summed E-state index contributed by atoms with van der Waals surface area (Å²) in [7, 11) is 0. The molecule has 1 heterocycles. The van der Waals surface area contributed by atoms with Crippen molar-refractivity contribution < 1.29 is 14.0 Å². The fraction of sp³-hybridized carbons (Fsp3) is 0.261. The first-order valence-corrected chi connectivity index (χ1v) is 9.99. The van der Waals surface area contributed by atoms with Gasteiger partial charge in [0.1, 0.15) is 11.1 Å². The molecule has 3 aromatic rings. The van der Waals surface area contributed by atoms with Crippen LogP contribution < -0.4 is 21.6 Å². The monoisotopic (exact) mass is 405 g/mol. The van der Waals surface area contributed by atoms with Crippen LogP contribution in [0.25, 0.3) is 11.0 Å². The molecule has 1 aliphatic rings. The molecule has 2 aromatic carbocycles. The SMILES string of the molecule is O=C(NCc1ccccc1)NC1(C(=O)Nc2ccc3oc(=O)ccc3c2)CCCC1. The van der Waals surface area contributed by atoms with Crippen molar-refractivity contribution in [3.05, 3.63) is 76.6 Å². The van der Waals surface area contributed by atoms with Crippen LogP contribution in [0.1, 0.15) is 31.2 Å². The Kier molecular flexibility index (Phi) is 5.52. The van der Waals surface area contributed by atoms with Crippen molar-refractivity contribution in [3.8, 4) is 0 Å². The Balaban J connectivity index is 1.45. The van der Waals surface area contributed by atoms with Gasteiger partial charge in [-0.05, 0) is 42.7 Å². The van der Waals surface area contributed by atoms with Crippen LogP contribution in [-0.2, 0) is 11.3 Å². The van der Waals surface area contributed by atoms with Crippen molar-refractivity contribution in [1.82, 2.24) is 10.6 Å². The van der Waals surface area contributed by atoms with Crippen molar-refractivity contribution in [3.63, 3.8) is 0 Å². The largest absolute Gasteiger partial charge is 0.423 e. The molecule has 7 heteroatoms. The van der Waals surface area contributed by atoms with E-state index < -0.39 is 11.2 Å². The lowest BCUT2D eigenvalue weighted by atomic mass is 9.96. The zero-order valence-corrected chi connectivity index (χ0v) is 16.4. The number of nitrogens with one attached hydrogen (secondary N) is 3. The molecule has 3 N–H and O–H groups in total. The average molecular weight is 405 g/mol. The molecule has 0 saturated heterocycles. The van der Waals surface area contributed by atoms with Gasteiger partial charge >= 0.3 is 11.7 Å². The maximum absolute atomic E-state index is 13.1. The van der Waals surface area contributed by atoms with Gasteiger partial charge in [-0.3, -0.25) is 4.79 Å². The van der Waals surface area contributed by atoms with Gasteiger partial charge in [0.25, 0.3) is 0 Å². The molecule has 0 spiro atoms. The van der Waals surface area contributed by atoms with E-state index in [0.29, 0.717) is 36.0 Å². The standard InChI is InChI=1S/C23H23N3O4/c27-20-11-8-17-14-18(9-10-19(17)30-20)25-21(28)23(12-4-5-13-23)26-22(29)24-15-16-6-2-1-3-7-16/h1-3,6-11,14H,4-5,12-13,15H2,(H,25,28)(H2,24,26,29). The first-order valence-electron chi connectivity index (χ1n) is 9.99. The summed E-state index contributed by atoms with van der Waals surface area (Å²) in [5, 5.41) is 9.35. The van der Waals surface area contributed by atoms with Gasteiger partial charge in [0.15, 0.2) is 0 Å². The maximum atomic E-state index is 13.1. The third-order valence-corrected chi connectivity index (χ3v) is 5.42. The zero-order valence-electron chi connectivity index (χ0n) is 16.4. The Labute approximate surface area is 173 Å². The summed E-state index contributed by atoms with van der Waals surface area (Å²) in [6.45, 7) is 0.389. The summed E-state index contributed by atoms with van der Waals surface area (Å²) in [5.74, 6) is -0.244. The van der Waals surface area contributed by atoms with E-state index in [0.717, 1.165) is 18.4 Å². The summed E-state index contributed by atoms with van der Waals surface area (Å²) >= 11 is 0. The maximum Gasteiger partial charge on any atom is 0.336 e.